The Bertz CT molecular complexity index is 882. The van der Waals surface area contributed by atoms with Crippen molar-refractivity contribution >= 4 is 11.9 Å². The number of ether oxygens (including phenoxy) is 2. The summed E-state index contributed by atoms with van der Waals surface area (Å²) in [5.74, 6) is 1.03. The van der Waals surface area contributed by atoms with E-state index in [1.54, 1.807) is 19.3 Å². The van der Waals surface area contributed by atoms with Crippen molar-refractivity contribution in [1.29, 1.82) is 0 Å². The molecule has 2 aromatic rings. The summed E-state index contributed by atoms with van der Waals surface area (Å²) in [5.41, 5.74) is 1.81. The van der Waals surface area contributed by atoms with E-state index in [1.165, 1.54) is 11.0 Å². The Morgan fingerprint density at radius 1 is 1.11 bits per heavy atom. The summed E-state index contributed by atoms with van der Waals surface area (Å²) in [5, 5.41) is 12.6. The number of methoxy groups -OCH3 is 1. The number of carbonyl (C=O) groups is 1. The Hall–Kier alpha value is -2.79. The van der Waals surface area contributed by atoms with Gasteiger partial charge < -0.3 is 19.5 Å². The first-order valence-electron chi connectivity index (χ1n) is 9.82. The molecule has 0 fully saturated rings. The summed E-state index contributed by atoms with van der Waals surface area (Å²) in [6.45, 7) is 6.80. The largest absolute Gasteiger partial charge is 0.872 e. The Kier molecular flexibility index (Phi) is 6.37. The molecule has 5 heteroatoms. The van der Waals surface area contributed by atoms with Gasteiger partial charge in [-0.25, -0.2) is 0 Å². The fraction of sp³-hybridized carbons (Fsp3) is 0.348. The second-order valence-corrected chi connectivity index (χ2v) is 7.03. The van der Waals surface area contributed by atoms with Crippen LogP contribution in [-0.4, -0.2) is 26.0 Å². The summed E-state index contributed by atoms with van der Waals surface area (Å²) in [6, 6.07) is 10.5. The lowest BCUT2D eigenvalue weighted by molar-refractivity contribution is -0.914. The van der Waals surface area contributed by atoms with Gasteiger partial charge >= 0.3 is 0 Å². The molecule has 1 aliphatic heterocycles. The molecular formula is C23H27NO4. The van der Waals surface area contributed by atoms with Crippen LogP contribution in [0.2, 0.25) is 0 Å². The molecule has 0 spiro atoms. The summed E-state index contributed by atoms with van der Waals surface area (Å²) in [4.78, 5) is 14.2. The Morgan fingerprint density at radius 3 is 2.50 bits per heavy atom. The number of nitrogens with one attached hydrogen (secondary N) is 1. The van der Waals surface area contributed by atoms with Gasteiger partial charge in [0.05, 0.1) is 25.8 Å². The van der Waals surface area contributed by atoms with E-state index in [4.69, 9.17) is 9.47 Å². The number of benzene rings is 2. The monoisotopic (exact) mass is 381 g/mol. The summed E-state index contributed by atoms with van der Waals surface area (Å²) < 4.78 is 11.3. The minimum absolute atomic E-state index is 0.0743. The van der Waals surface area contributed by atoms with Gasteiger partial charge in [-0.3, -0.25) is 4.79 Å². The number of ketones is 1. The van der Waals surface area contributed by atoms with Gasteiger partial charge in [0.2, 0.25) is 5.78 Å². The van der Waals surface area contributed by atoms with Crippen molar-refractivity contribution < 1.29 is 24.3 Å². The van der Waals surface area contributed by atoms with Gasteiger partial charge in [-0.2, -0.15) is 0 Å². The first-order valence-corrected chi connectivity index (χ1v) is 9.82. The van der Waals surface area contributed by atoms with E-state index in [0.29, 0.717) is 29.2 Å². The molecule has 2 aromatic carbocycles. The molecule has 1 heterocycles. The lowest BCUT2D eigenvalue weighted by Crippen LogP contribution is -3.10. The highest BCUT2D eigenvalue weighted by Crippen LogP contribution is 2.38. The molecule has 0 aliphatic carbocycles. The van der Waals surface area contributed by atoms with Crippen molar-refractivity contribution in [1.82, 2.24) is 0 Å². The van der Waals surface area contributed by atoms with E-state index in [9.17, 15) is 9.90 Å². The van der Waals surface area contributed by atoms with Gasteiger partial charge in [0.25, 0.3) is 0 Å². The number of quaternary nitrogens is 1. The standard InChI is InChI=1S/C23H27NO4/c1-4-12-24(13-5-2)15-18-19(25)11-10-17-22(26)21(28-23(17)18)14-16-8-6-7-9-20(16)27-3/h6-11,14,25H,4-5,12-13,15H2,1-3H3/b21-14-. The quantitative estimate of drug-likeness (QED) is 0.714. The van der Waals surface area contributed by atoms with Crippen molar-refractivity contribution in [3.8, 4) is 17.2 Å². The zero-order valence-electron chi connectivity index (χ0n) is 16.7. The van der Waals surface area contributed by atoms with E-state index >= 15 is 0 Å². The third-order valence-corrected chi connectivity index (χ3v) is 4.96. The molecule has 0 amide bonds. The third kappa shape index (κ3) is 4.04. The molecule has 0 saturated carbocycles. The lowest BCUT2D eigenvalue weighted by Gasteiger charge is -2.23. The summed E-state index contributed by atoms with van der Waals surface area (Å²) in [7, 11) is 1.59. The van der Waals surface area contributed by atoms with Crippen LogP contribution in [0.1, 0.15) is 48.2 Å². The molecule has 0 atom stereocenters. The zero-order chi connectivity index (χ0) is 20.1. The second-order valence-electron chi connectivity index (χ2n) is 7.03. The average molecular weight is 381 g/mol. The highest BCUT2D eigenvalue weighted by molar-refractivity contribution is 6.15. The molecule has 1 N–H and O–H groups in total. The number of para-hydroxylation sites is 1. The fourth-order valence-electron chi connectivity index (χ4n) is 3.64. The minimum atomic E-state index is -0.199. The minimum Gasteiger partial charge on any atom is -0.872 e. The maximum atomic E-state index is 12.9. The van der Waals surface area contributed by atoms with Crippen LogP contribution < -0.4 is 19.5 Å². The Labute approximate surface area is 166 Å². The first-order chi connectivity index (χ1) is 13.6. The van der Waals surface area contributed by atoms with Crippen LogP contribution in [0.25, 0.3) is 6.08 Å². The normalized spacial score (nSPS) is 14.4. The summed E-state index contributed by atoms with van der Waals surface area (Å²) >= 11 is 0. The van der Waals surface area contributed by atoms with Crippen LogP contribution in [0.5, 0.6) is 17.2 Å². The van der Waals surface area contributed by atoms with Gasteiger partial charge in [0.1, 0.15) is 18.0 Å². The number of carbonyl (C=O) groups excluding carboxylic acids is 1. The lowest BCUT2D eigenvalue weighted by atomic mass is 10.0. The molecule has 1 aliphatic rings. The van der Waals surface area contributed by atoms with Crippen molar-refractivity contribution in [3.05, 3.63) is 58.8 Å². The van der Waals surface area contributed by atoms with Gasteiger partial charge in [-0.05, 0) is 31.1 Å². The second kappa shape index (κ2) is 8.93. The molecule has 0 bridgehead atoms. The van der Waals surface area contributed by atoms with Crippen molar-refractivity contribution in [3.63, 3.8) is 0 Å². The number of hydrogen-bond donors (Lipinski definition) is 1. The van der Waals surface area contributed by atoms with Gasteiger partial charge in [0, 0.05) is 11.1 Å². The van der Waals surface area contributed by atoms with Crippen molar-refractivity contribution in [2.24, 2.45) is 0 Å². The third-order valence-electron chi connectivity index (χ3n) is 4.96. The molecule has 5 nitrogen and oxygen atoms in total. The fourth-order valence-corrected chi connectivity index (χ4v) is 3.64. The smallest absolute Gasteiger partial charge is 0.231 e. The molecule has 0 aromatic heterocycles. The number of fused-ring (bicyclic) bond motifs is 1. The van der Waals surface area contributed by atoms with E-state index in [2.05, 4.69) is 13.8 Å². The van der Waals surface area contributed by atoms with Gasteiger partial charge in [-0.15, -0.1) is 0 Å². The van der Waals surface area contributed by atoms with E-state index in [1.807, 2.05) is 24.3 Å². The van der Waals surface area contributed by atoms with Crippen LogP contribution in [0, 0.1) is 0 Å². The van der Waals surface area contributed by atoms with E-state index < -0.39 is 0 Å². The highest BCUT2D eigenvalue weighted by Gasteiger charge is 2.31. The van der Waals surface area contributed by atoms with Crippen LogP contribution >= 0.6 is 0 Å². The van der Waals surface area contributed by atoms with E-state index in [-0.39, 0.29) is 17.3 Å². The first kappa shape index (κ1) is 20.0. The van der Waals surface area contributed by atoms with Crippen LogP contribution in [-0.2, 0) is 6.54 Å². The molecule has 0 unspecified atom stereocenters. The highest BCUT2D eigenvalue weighted by atomic mass is 16.5. The number of allylic oxidation sites excluding steroid dienone is 1. The predicted octanol–water partition coefficient (Wildman–Crippen LogP) is 2.59. The summed E-state index contributed by atoms with van der Waals surface area (Å²) in [6.07, 6.45) is 3.76. The van der Waals surface area contributed by atoms with Crippen LogP contribution in [0.15, 0.2) is 42.2 Å². The molecule has 28 heavy (non-hydrogen) atoms. The Morgan fingerprint density at radius 2 is 1.82 bits per heavy atom. The zero-order valence-corrected chi connectivity index (χ0v) is 16.7. The molecule has 148 valence electrons. The molecule has 0 saturated heterocycles. The SMILES string of the molecule is CCC[NH+](CCC)Cc1c([O-])ccc2c1O/C(=C\c1ccccc1OC)C2=O. The predicted molar refractivity (Wildman–Crippen MR) is 107 cm³/mol. The van der Waals surface area contributed by atoms with E-state index in [0.717, 1.165) is 31.5 Å². The number of hydrogen-bond acceptors (Lipinski definition) is 4. The van der Waals surface area contributed by atoms with Gasteiger partial charge in [0.15, 0.2) is 5.76 Å². The molecule has 0 radical (unpaired) electrons. The Balaban J connectivity index is 1.95. The van der Waals surface area contributed by atoms with Crippen LogP contribution in [0.4, 0.5) is 0 Å². The molecule has 3 rings (SSSR count). The van der Waals surface area contributed by atoms with Gasteiger partial charge in [-0.1, -0.05) is 43.9 Å². The number of Topliss-reactive ketones (excluding diaryl/α,β-unsaturated/α-hetero) is 1. The maximum absolute atomic E-state index is 12.9. The average Bonchev–Trinajstić information content (AvgIpc) is 3.00. The molecular weight excluding hydrogens is 354 g/mol. The van der Waals surface area contributed by atoms with Crippen molar-refractivity contribution in [2.45, 2.75) is 33.2 Å². The van der Waals surface area contributed by atoms with Crippen LogP contribution in [0.3, 0.4) is 0 Å². The maximum Gasteiger partial charge on any atom is 0.231 e. The topological polar surface area (TPSA) is 63.0 Å². The van der Waals surface area contributed by atoms with Crippen molar-refractivity contribution in [2.75, 3.05) is 20.2 Å². The number of rotatable bonds is 8.